The minimum Gasteiger partial charge on any atom is -0.455 e. The molecule has 3 N–H and O–H groups in total. The molecule has 144 valence electrons. The minimum atomic E-state index is -3.78. The standard InChI is InChI=1S/C17H16ClFN2O5S/c18-14-2-1-3-15(19)13(14)8-17(23)26-10-16(22)21-9-11-4-6-12(7-5-11)27(20,24)25/h1-7H,8-10H2,(H,21,22)(H2,20,24,25). The summed E-state index contributed by atoms with van der Waals surface area (Å²) in [5, 5.41) is 7.59. The molecule has 2 aromatic rings. The van der Waals surface area contributed by atoms with Crippen LogP contribution in [0, 0.1) is 5.82 Å². The van der Waals surface area contributed by atoms with Crippen LogP contribution in [-0.4, -0.2) is 26.9 Å². The van der Waals surface area contributed by atoms with Crippen LogP contribution in [0.4, 0.5) is 4.39 Å². The topological polar surface area (TPSA) is 116 Å². The number of rotatable bonds is 7. The van der Waals surface area contributed by atoms with Crippen molar-refractivity contribution in [3.05, 3.63) is 64.4 Å². The smallest absolute Gasteiger partial charge is 0.310 e. The Morgan fingerprint density at radius 1 is 1.15 bits per heavy atom. The molecule has 0 heterocycles. The highest BCUT2D eigenvalue weighted by Gasteiger charge is 2.14. The summed E-state index contributed by atoms with van der Waals surface area (Å²) in [4.78, 5) is 23.4. The second-order valence-electron chi connectivity index (χ2n) is 5.50. The molecular weight excluding hydrogens is 399 g/mol. The predicted octanol–water partition coefficient (Wildman–Crippen LogP) is 1.53. The van der Waals surface area contributed by atoms with E-state index < -0.39 is 40.7 Å². The third-order valence-corrected chi connectivity index (χ3v) is 4.77. The van der Waals surface area contributed by atoms with Crippen LogP contribution in [0.15, 0.2) is 47.4 Å². The Balaban J connectivity index is 1.80. The maximum Gasteiger partial charge on any atom is 0.310 e. The molecular formula is C17H16ClFN2O5S. The Kier molecular flexibility index (Phi) is 6.89. The van der Waals surface area contributed by atoms with Crippen molar-refractivity contribution in [3.63, 3.8) is 0 Å². The average molecular weight is 415 g/mol. The van der Waals surface area contributed by atoms with Crippen LogP contribution in [0.25, 0.3) is 0 Å². The zero-order valence-corrected chi connectivity index (χ0v) is 15.5. The Hall–Kier alpha value is -2.49. The van der Waals surface area contributed by atoms with Crippen LogP contribution in [0.3, 0.4) is 0 Å². The van der Waals surface area contributed by atoms with Crippen LogP contribution in [0.1, 0.15) is 11.1 Å². The quantitative estimate of drug-likeness (QED) is 0.666. The van der Waals surface area contributed by atoms with E-state index in [0.717, 1.165) is 0 Å². The number of halogens is 2. The maximum absolute atomic E-state index is 13.6. The molecule has 27 heavy (non-hydrogen) atoms. The van der Waals surface area contributed by atoms with E-state index in [1.807, 2.05) is 0 Å². The number of hydrogen-bond acceptors (Lipinski definition) is 5. The summed E-state index contributed by atoms with van der Waals surface area (Å²) in [5.41, 5.74) is 0.625. The van der Waals surface area contributed by atoms with Crippen molar-refractivity contribution in [2.45, 2.75) is 17.9 Å². The molecule has 0 aliphatic carbocycles. The number of nitrogens with one attached hydrogen (secondary N) is 1. The van der Waals surface area contributed by atoms with Gasteiger partial charge < -0.3 is 10.1 Å². The summed E-state index contributed by atoms with van der Waals surface area (Å²) in [7, 11) is -3.78. The molecule has 0 bridgehead atoms. The summed E-state index contributed by atoms with van der Waals surface area (Å²) in [6.45, 7) is -0.444. The SMILES string of the molecule is NS(=O)(=O)c1ccc(CNC(=O)COC(=O)Cc2c(F)cccc2Cl)cc1. The van der Waals surface area contributed by atoms with Crippen LogP contribution in [0.2, 0.25) is 5.02 Å². The van der Waals surface area contributed by atoms with Crippen molar-refractivity contribution in [3.8, 4) is 0 Å². The molecule has 0 fully saturated rings. The van der Waals surface area contributed by atoms with Gasteiger partial charge in [0.15, 0.2) is 6.61 Å². The van der Waals surface area contributed by atoms with Crippen LogP contribution >= 0.6 is 11.6 Å². The van der Waals surface area contributed by atoms with Gasteiger partial charge >= 0.3 is 5.97 Å². The lowest BCUT2D eigenvalue weighted by atomic mass is 10.1. The zero-order chi connectivity index (χ0) is 20.0. The summed E-state index contributed by atoms with van der Waals surface area (Å²) in [6.07, 6.45) is -0.395. The minimum absolute atomic E-state index is 0.000444. The Morgan fingerprint density at radius 3 is 2.41 bits per heavy atom. The number of carbonyl (C=O) groups is 2. The molecule has 0 unspecified atom stereocenters. The van der Waals surface area contributed by atoms with Gasteiger partial charge in [0.25, 0.3) is 5.91 Å². The van der Waals surface area contributed by atoms with E-state index in [1.165, 1.54) is 42.5 Å². The third kappa shape index (κ3) is 6.31. The van der Waals surface area contributed by atoms with Gasteiger partial charge in [-0.3, -0.25) is 9.59 Å². The first-order valence-corrected chi connectivity index (χ1v) is 9.56. The number of esters is 1. The van der Waals surface area contributed by atoms with E-state index in [1.54, 1.807) is 0 Å². The number of carbonyl (C=O) groups excluding carboxylic acids is 2. The van der Waals surface area contributed by atoms with Gasteiger partial charge in [0, 0.05) is 17.1 Å². The Morgan fingerprint density at radius 2 is 1.81 bits per heavy atom. The van der Waals surface area contributed by atoms with Crippen molar-refractivity contribution in [2.75, 3.05) is 6.61 Å². The summed E-state index contributed by atoms with van der Waals surface area (Å²) in [5.74, 6) is -2.00. The maximum atomic E-state index is 13.6. The Labute approximate surface area is 160 Å². The van der Waals surface area contributed by atoms with Gasteiger partial charge in [0.1, 0.15) is 5.82 Å². The zero-order valence-electron chi connectivity index (χ0n) is 13.9. The number of primary sulfonamides is 1. The lowest BCUT2D eigenvalue weighted by molar-refractivity contribution is -0.147. The van der Waals surface area contributed by atoms with Crippen LogP contribution in [-0.2, 0) is 37.3 Å². The van der Waals surface area contributed by atoms with Crippen LogP contribution < -0.4 is 10.5 Å². The van der Waals surface area contributed by atoms with E-state index >= 15 is 0 Å². The first-order chi connectivity index (χ1) is 12.7. The highest BCUT2D eigenvalue weighted by molar-refractivity contribution is 7.89. The van der Waals surface area contributed by atoms with Gasteiger partial charge in [0.2, 0.25) is 10.0 Å². The summed E-state index contributed by atoms with van der Waals surface area (Å²) >= 11 is 5.82. The first kappa shape index (κ1) is 20.8. The van der Waals surface area contributed by atoms with Gasteiger partial charge in [-0.2, -0.15) is 0 Å². The fourth-order valence-electron chi connectivity index (χ4n) is 2.09. The van der Waals surface area contributed by atoms with E-state index in [0.29, 0.717) is 5.56 Å². The molecule has 0 saturated carbocycles. The van der Waals surface area contributed by atoms with Gasteiger partial charge in [-0.15, -0.1) is 0 Å². The lowest BCUT2D eigenvalue weighted by Gasteiger charge is -2.08. The summed E-state index contributed by atoms with van der Waals surface area (Å²) < 4.78 is 40.7. The molecule has 2 aromatic carbocycles. The van der Waals surface area contributed by atoms with Crippen molar-refractivity contribution >= 4 is 33.5 Å². The number of benzene rings is 2. The number of hydrogen-bond donors (Lipinski definition) is 2. The van der Waals surface area contributed by atoms with Gasteiger partial charge in [-0.25, -0.2) is 17.9 Å². The number of ether oxygens (including phenoxy) is 1. The van der Waals surface area contributed by atoms with E-state index in [9.17, 15) is 22.4 Å². The molecule has 0 spiro atoms. The second kappa shape index (κ2) is 8.94. The monoisotopic (exact) mass is 414 g/mol. The lowest BCUT2D eigenvalue weighted by Crippen LogP contribution is -2.28. The highest BCUT2D eigenvalue weighted by atomic mass is 35.5. The molecule has 1 amide bonds. The average Bonchev–Trinajstić information content (AvgIpc) is 2.61. The van der Waals surface area contributed by atoms with Gasteiger partial charge in [0.05, 0.1) is 11.3 Å². The van der Waals surface area contributed by atoms with E-state index in [-0.39, 0.29) is 22.0 Å². The molecule has 2 rings (SSSR count). The van der Waals surface area contributed by atoms with Crippen molar-refractivity contribution in [1.29, 1.82) is 0 Å². The molecule has 0 atom stereocenters. The fourth-order valence-corrected chi connectivity index (χ4v) is 2.84. The molecule has 0 aromatic heterocycles. The fraction of sp³-hybridized carbons (Fsp3) is 0.176. The normalized spacial score (nSPS) is 11.1. The van der Waals surface area contributed by atoms with Crippen LogP contribution in [0.5, 0.6) is 0 Å². The molecule has 0 radical (unpaired) electrons. The number of sulfonamides is 1. The number of nitrogens with two attached hydrogens (primary N) is 1. The van der Waals surface area contributed by atoms with E-state index in [4.69, 9.17) is 21.5 Å². The van der Waals surface area contributed by atoms with Gasteiger partial charge in [-0.1, -0.05) is 29.8 Å². The van der Waals surface area contributed by atoms with Crippen molar-refractivity contribution in [1.82, 2.24) is 5.32 Å². The molecule has 0 aliphatic heterocycles. The second-order valence-corrected chi connectivity index (χ2v) is 7.47. The molecule has 0 saturated heterocycles. The molecule has 7 nitrogen and oxygen atoms in total. The first-order valence-electron chi connectivity index (χ1n) is 7.64. The van der Waals surface area contributed by atoms with Crippen molar-refractivity contribution in [2.24, 2.45) is 5.14 Å². The van der Waals surface area contributed by atoms with Gasteiger partial charge in [-0.05, 0) is 29.8 Å². The summed E-state index contributed by atoms with van der Waals surface area (Å²) in [6, 6.07) is 9.64. The predicted molar refractivity (Wildman–Crippen MR) is 95.7 cm³/mol. The molecule has 10 heteroatoms. The third-order valence-electron chi connectivity index (χ3n) is 3.49. The Bertz CT molecular complexity index is 928. The van der Waals surface area contributed by atoms with Crippen molar-refractivity contribution < 1.29 is 27.1 Å². The number of amides is 1. The largest absolute Gasteiger partial charge is 0.455 e. The molecule has 0 aliphatic rings. The van der Waals surface area contributed by atoms with E-state index in [2.05, 4.69) is 5.32 Å². The highest BCUT2D eigenvalue weighted by Crippen LogP contribution is 2.19.